The van der Waals surface area contributed by atoms with E-state index in [0.717, 1.165) is 29.9 Å². The van der Waals surface area contributed by atoms with Gasteiger partial charge in [0.15, 0.2) is 0 Å². The van der Waals surface area contributed by atoms with Crippen LogP contribution in [0.1, 0.15) is 30.0 Å². The Morgan fingerprint density at radius 3 is 2.39 bits per heavy atom. The smallest absolute Gasteiger partial charge is 0.417 e. The molecule has 0 heterocycles. The van der Waals surface area contributed by atoms with Gasteiger partial charge in [0.2, 0.25) is 5.91 Å². The molecule has 31 heavy (non-hydrogen) atoms. The number of ether oxygens (including phenoxy) is 1. The van der Waals surface area contributed by atoms with Crippen LogP contribution in [-0.2, 0) is 23.8 Å². The molecule has 162 valence electrons. The lowest BCUT2D eigenvalue weighted by atomic mass is 10.1. The molecule has 0 aliphatic rings. The molecule has 0 atom stereocenters. The van der Waals surface area contributed by atoms with E-state index in [9.17, 15) is 18.0 Å². The second kappa shape index (κ2) is 9.88. The van der Waals surface area contributed by atoms with E-state index >= 15 is 0 Å². The summed E-state index contributed by atoms with van der Waals surface area (Å²) in [6.07, 6.45) is -3.09. The molecular weight excluding hydrogens is 427 g/mol. The quantitative estimate of drug-likeness (QED) is 0.413. The van der Waals surface area contributed by atoms with Crippen molar-refractivity contribution in [3.63, 3.8) is 0 Å². The molecule has 0 saturated carbocycles. The first kappa shape index (κ1) is 22.7. The van der Waals surface area contributed by atoms with Crippen LogP contribution in [0.15, 0.2) is 66.7 Å². The molecule has 1 amide bonds. The number of halogens is 4. The number of carbonyl (C=O) groups excluding carboxylic acids is 1. The first-order valence-corrected chi connectivity index (χ1v) is 10.1. The highest BCUT2D eigenvalue weighted by atomic mass is 35.5. The topological polar surface area (TPSA) is 38.3 Å². The number of nitrogens with one attached hydrogen (secondary N) is 1. The molecule has 0 saturated heterocycles. The van der Waals surface area contributed by atoms with Gasteiger partial charge in [-0.25, -0.2) is 0 Å². The Kier molecular flexibility index (Phi) is 7.23. The first-order valence-electron chi connectivity index (χ1n) is 9.77. The van der Waals surface area contributed by atoms with Crippen LogP contribution in [0.2, 0.25) is 5.02 Å². The summed E-state index contributed by atoms with van der Waals surface area (Å²) in [5.41, 5.74) is 1.17. The first-order chi connectivity index (χ1) is 14.7. The largest absolute Gasteiger partial charge is 0.457 e. The number of benzene rings is 3. The summed E-state index contributed by atoms with van der Waals surface area (Å²) in [4.78, 5) is 12.2. The standard InChI is InChI=1S/C24H21ClF3NO2/c1-2-16-4-3-5-20(14-16)31-19-10-6-17(7-11-19)8-13-23(30)29-18-9-12-22(25)21(15-18)24(26,27)28/h3-7,9-12,14-15H,2,8,13H2,1H3,(H,29,30). The van der Waals surface area contributed by atoms with Crippen molar-refractivity contribution < 1.29 is 22.7 Å². The third-order valence-corrected chi connectivity index (χ3v) is 4.99. The van der Waals surface area contributed by atoms with Crippen LogP contribution in [0.25, 0.3) is 0 Å². The summed E-state index contributed by atoms with van der Waals surface area (Å²) in [5.74, 6) is 1.06. The van der Waals surface area contributed by atoms with E-state index in [2.05, 4.69) is 12.2 Å². The number of hydrogen-bond donors (Lipinski definition) is 1. The number of hydrogen-bond acceptors (Lipinski definition) is 2. The summed E-state index contributed by atoms with van der Waals surface area (Å²) in [6, 6.07) is 18.5. The van der Waals surface area contributed by atoms with Crippen molar-refractivity contribution in [3.05, 3.63) is 88.4 Å². The van der Waals surface area contributed by atoms with Gasteiger partial charge in [-0.3, -0.25) is 4.79 Å². The average molecular weight is 448 g/mol. The fourth-order valence-corrected chi connectivity index (χ4v) is 3.22. The molecule has 0 fully saturated rings. The lowest BCUT2D eigenvalue weighted by Gasteiger charge is -2.12. The predicted octanol–water partition coefficient (Wildman–Crippen LogP) is 7.28. The summed E-state index contributed by atoms with van der Waals surface area (Å²) in [6.45, 7) is 2.08. The van der Waals surface area contributed by atoms with Crippen molar-refractivity contribution in [3.8, 4) is 11.5 Å². The van der Waals surface area contributed by atoms with Crippen LogP contribution in [-0.4, -0.2) is 5.91 Å². The molecule has 3 rings (SSSR count). The molecule has 0 spiro atoms. The minimum absolute atomic E-state index is 0.0554. The highest BCUT2D eigenvalue weighted by molar-refractivity contribution is 6.31. The van der Waals surface area contributed by atoms with Crippen molar-refractivity contribution in [2.75, 3.05) is 5.32 Å². The predicted molar refractivity (Wildman–Crippen MR) is 116 cm³/mol. The highest BCUT2D eigenvalue weighted by Crippen LogP contribution is 2.36. The zero-order valence-electron chi connectivity index (χ0n) is 16.8. The van der Waals surface area contributed by atoms with E-state index in [4.69, 9.17) is 16.3 Å². The molecule has 0 unspecified atom stereocenters. The Morgan fingerprint density at radius 2 is 1.71 bits per heavy atom. The number of anilines is 1. The normalized spacial score (nSPS) is 11.3. The Balaban J connectivity index is 1.55. The van der Waals surface area contributed by atoms with Crippen molar-refractivity contribution in [2.45, 2.75) is 32.4 Å². The van der Waals surface area contributed by atoms with Gasteiger partial charge in [0.25, 0.3) is 0 Å². The molecule has 0 radical (unpaired) electrons. The fourth-order valence-electron chi connectivity index (χ4n) is 2.99. The van der Waals surface area contributed by atoms with Crippen LogP contribution >= 0.6 is 11.6 Å². The molecule has 3 nitrogen and oxygen atoms in total. The van der Waals surface area contributed by atoms with Crippen LogP contribution in [0.5, 0.6) is 11.5 Å². The third kappa shape index (κ3) is 6.49. The van der Waals surface area contributed by atoms with Gasteiger partial charge in [-0.1, -0.05) is 42.8 Å². The lowest BCUT2D eigenvalue weighted by Crippen LogP contribution is -2.13. The Labute approximate surface area is 183 Å². The van der Waals surface area contributed by atoms with E-state index < -0.39 is 16.8 Å². The zero-order valence-corrected chi connectivity index (χ0v) is 17.6. The van der Waals surface area contributed by atoms with Gasteiger partial charge in [0, 0.05) is 12.1 Å². The van der Waals surface area contributed by atoms with Crippen molar-refractivity contribution in [2.24, 2.45) is 0 Å². The Morgan fingerprint density at radius 1 is 0.968 bits per heavy atom. The van der Waals surface area contributed by atoms with Crippen molar-refractivity contribution >= 4 is 23.2 Å². The fraction of sp³-hybridized carbons (Fsp3) is 0.208. The van der Waals surface area contributed by atoms with Gasteiger partial charge in [-0.05, 0) is 66.4 Å². The maximum atomic E-state index is 12.9. The Hall–Kier alpha value is -2.99. The van der Waals surface area contributed by atoms with Gasteiger partial charge in [0.05, 0.1) is 10.6 Å². The molecule has 0 aliphatic heterocycles. The maximum Gasteiger partial charge on any atom is 0.417 e. The van der Waals surface area contributed by atoms with E-state index in [-0.39, 0.29) is 18.0 Å². The second-order valence-corrected chi connectivity index (χ2v) is 7.39. The number of rotatable bonds is 7. The molecule has 7 heteroatoms. The summed E-state index contributed by atoms with van der Waals surface area (Å²) in [5, 5.41) is 2.08. The van der Waals surface area contributed by atoms with Gasteiger partial charge >= 0.3 is 6.18 Å². The van der Waals surface area contributed by atoms with Crippen molar-refractivity contribution in [1.82, 2.24) is 0 Å². The molecule has 0 bridgehead atoms. The maximum absolute atomic E-state index is 12.9. The SMILES string of the molecule is CCc1cccc(Oc2ccc(CCC(=O)Nc3ccc(Cl)c(C(F)(F)F)c3)cc2)c1. The summed E-state index contributed by atoms with van der Waals surface area (Å²) in [7, 11) is 0. The number of alkyl halides is 3. The van der Waals surface area contributed by atoms with Gasteiger partial charge in [0.1, 0.15) is 11.5 Å². The van der Waals surface area contributed by atoms with Crippen LogP contribution in [0.3, 0.4) is 0 Å². The molecular formula is C24H21ClF3NO2. The minimum atomic E-state index is -4.58. The second-order valence-electron chi connectivity index (χ2n) is 6.99. The molecule has 3 aromatic carbocycles. The third-order valence-electron chi connectivity index (χ3n) is 4.66. The van der Waals surface area contributed by atoms with E-state index in [1.165, 1.54) is 11.6 Å². The van der Waals surface area contributed by atoms with Crippen LogP contribution in [0.4, 0.5) is 18.9 Å². The van der Waals surface area contributed by atoms with E-state index in [1.807, 2.05) is 48.5 Å². The van der Waals surface area contributed by atoms with Crippen LogP contribution in [0, 0.1) is 0 Å². The lowest BCUT2D eigenvalue weighted by molar-refractivity contribution is -0.137. The summed E-state index contributed by atoms with van der Waals surface area (Å²) < 4.78 is 44.7. The van der Waals surface area contributed by atoms with Crippen LogP contribution < -0.4 is 10.1 Å². The monoisotopic (exact) mass is 447 g/mol. The van der Waals surface area contributed by atoms with Gasteiger partial charge < -0.3 is 10.1 Å². The van der Waals surface area contributed by atoms with Crippen molar-refractivity contribution in [1.29, 1.82) is 0 Å². The van der Waals surface area contributed by atoms with Gasteiger partial charge in [-0.15, -0.1) is 0 Å². The number of aryl methyl sites for hydroxylation is 2. The summed E-state index contributed by atoms with van der Waals surface area (Å²) >= 11 is 5.59. The zero-order chi connectivity index (χ0) is 22.4. The molecule has 0 aromatic heterocycles. The van der Waals surface area contributed by atoms with E-state index in [1.54, 1.807) is 0 Å². The van der Waals surface area contributed by atoms with E-state index in [0.29, 0.717) is 12.2 Å². The number of amides is 1. The molecule has 3 aromatic rings. The number of carbonyl (C=O) groups is 1. The highest BCUT2D eigenvalue weighted by Gasteiger charge is 2.33. The Bertz CT molecular complexity index is 1050. The minimum Gasteiger partial charge on any atom is -0.457 e. The average Bonchev–Trinajstić information content (AvgIpc) is 2.74. The molecule has 0 aliphatic carbocycles. The van der Waals surface area contributed by atoms with Gasteiger partial charge in [-0.2, -0.15) is 13.2 Å². The molecule has 1 N–H and O–H groups in total.